The average Bonchev–Trinajstić information content (AvgIpc) is 3.19. The standard InChI is InChI=1S/C21H21ClN4O2/c22-14-19(27)26(16-6-2-1-3-7-16)17-8-11-25(12-9-17)21(28)18-13-15-5-4-10-23-20(15)24-18/h1-7,10,13,17H,8-9,11-12,14H2,(H,23,24). The van der Waals surface area contributed by atoms with Gasteiger partial charge in [-0.05, 0) is 43.2 Å². The summed E-state index contributed by atoms with van der Waals surface area (Å²) < 4.78 is 0. The first-order valence-electron chi connectivity index (χ1n) is 9.33. The van der Waals surface area contributed by atoms with E-state index in [2.05, 4.69) is 9.97 Å². The first kappa shape index (κ1) is 18.5. The van der Waals surface area contributed by atoms with E-state index < -0.39 is 0 Å². The van der Waals surface area contributed by atoms with Crippen molar-refractivity contribution >= 4 is 40.1 Å². The van der Waals surface area contributed by atoms with Gasteiger partial charge >= 0.3 is 0 Å². The first-order chi connectivity index (χ1) is 13.7. The summed E-state index contributed by atoms with van der Waals surface area (Å²) in [7, 11) is 0. The van der Waals surface area contributed by atoms with E-state index in [0.29, 0.717) is 37.3 Å². The van der Waals surface area contributed by atoms with Crippen molar-refractivity contribution in [2.45, 2.75) is 18.9 Å². The van der Waals surface area contributed by atoms with Crippen LogP contribution < -0.4 is 4.90 Å². The van der Waals surface area contributed by atoms with Gasteiger partial charge in [-0.25, -0.2) is 4.98 Å². The second-order valence-corrected chi connectivity index (χ2v) is 7.15. The molecule has 3 aromatic rings. The van der Waals surface area contributed by atoms with Crippen LogP contribution in [0.5, 0.6) is 0 Å². The van der Waals surface area contributed by atoms with Gasteiger partial charge in [-0.1, -0.05) is 18.2 Å². The largest absolute Gasteiger partial charge is 0.337 e. The molecule has 1 aromatic carbocycles. The number of nitrogens with zero attached hydrogens (tertiary/aromatic N) is 3. The predicted molar refractivity (Wildman–Crippen MR) is 110 cm³/mol. The lowest BCUT2D eigenvalue weighted by Crippen LogP contribution is -2.49. The SMILES string of the molecule is O=C(c1cc2cccnc2[nH]1)N1CCC(N(C(=O)CCl)c2ccccc2)CC1. The molecule has 1 saturated heterocycles. The highest BCUT2D eigenvalue weighted by Crippen LogP contribution is 2.25. The quantitative estimate of drug-likeness (QED) is 0.687. The number of fused-ring (bicyclic) bond motifs is 1. The van der Waals surface area contributed by atoms with Gasteiger partial charge in [0.1, 0.15) is 17.2 Å². The summed E-state index contributed by atoms with van der Waals surface area (Å²) in [5.41, 5.74) is 2.10. The van der Waals surface area contributed by atoms with E-state index in [0.717, 1.165) is 11.1 Å². The Morgan fingerprint density at radius 2 is 1.89 bits per heavy atom. The van der Waals surface area contributed by atoms with Gasteiger partial charge in [0, 0.05) is 36.4 Å². The highest BCUT2D eigenvalue weighted by atomic mass is 35.5. The number of aromatic nitrogens is 2. The van der Waals surface area contributed by atoms with Crippen molar-refractivity contribution in [1.82, 2.24) is 14.9 Å². The van der Waals surface area contributed by atoms with Crippen LogP contribution in [0, 0.1) is 0 Å². The van der Waals surface area contributed by atoms with Gasteiger partial charge in [0.2, 0.25) is 5.91 Å². The zero-order valence-electron chi connectivity index (χ0n) is 15.3. The minimum Gasteiger partial charge on any atom is -0.337 e. The van der Waals surface area contributed by atoms with E-state index in [9.17, 15) is 9.59 Å². The molecule has 0 spiro atoms. The number of carbonyl (C=O) groups is 2. The Kier molecular flexibility index (Phi) is 5.30. The number of benzene rings is 1. The van der Waals surface area contributed by atoms with E-state index in [1.165, 1.54) is 0 Å². The third kappa shape index (κ3) is 3.60. The number of rotatable bonds is 4. The molecule has 0 radical (unpaired) electrons. The van der Waals surface area contributed by atoms with Crippen LogP contribution in [0.3, 0.4) is 0 Å². The van der Waals surface area contributed by atoms with E-state index >= 15 is 0 Å². The summed E-state index contributed by atoms with van der Waals surface area (Å²) in [5.74, 6) is -0.207. The molecular formula is C21H21ClN4O2. The van der Waals surface area contributed by atoms with Crippen molar-refractivity contribution in [3.05, 3.63) is 60.4 Å². The van der Waals surface area contributed by atoms with Crippen LogP contribution in [0.2, 0.25) is 0 Å². The van der Waals surface area contributed by atoms with Crippen LogP contribution in [0.15, 0.2) is 54.7 Å². The Morgan fingerprint density at radius 3 is 2.57 bits per heavy atom. The average molecular weight is 397 g/mol. The number of amides is 2. The number of halogens is 1. The second kappa shape index (κ2) is 8.02. The zero-order valence-corrected chi connectivity index (χ0v) is 16.1. The maximum Gasteiger partial charge on any atom is 0.270 e. The number of carbonyl (C=O) groups excluding carboxylic acids is 2. The minimum atomic E-state index is -0.112. The van der Waals surface area contributed by atoms with Crippen molar-refractivity contribution in [3.8, 4) is 0 Å². The number of pyridine rings is 1. The molecule has 1 N–H and O–H groups in total. The molecule has 0 bridgehead atoms. The van der Waals surface area contributed by atoms with Gasteiger partial charge in [0.15, 0.2) is 0 Å². The van der Waals surface area contributed by atoms with Gasteiger partial charge in [0.05, 0.1) is 0 Å². The van der Waals surface area contributed by atoms with Crippen molar-refractivity contribution in [2.75, 3.05) is 23.9 Å². The molecule has 0 saturated carbocycles. The lowest BCUT2D eigenvalue weighted by Gasteiger charge is -2.38. The summed E-state index contributed by atoms with van der Waals surface area (Å²) in [6.07, 6.45) is 3.12. The normalized spacial score (nSPS) is 15.0. The molecule has 0 aliphatic carbocycles. The number of piperidine rings is 1. The van der Waals surface area contributed by atoms with Gasteiger partial charge in [0.25, 0.3) is 5.91 Å². The fourth-order valence-corrected chi connectivity index (χ4v) is 3.91. The third-order valence-corrected chi connectivity index (χ3v) is 5.39. The third-order valence-electron chi connectivity index (χ3n) is 5.16. The van der Waals surface area contributed by atoms with Gasteiger partial charge < -0.3 is 14.8 Å². The predicted octanol–water partition coefficient (Wildman–Crippen LogP) is 3.44. The van der Waals surface area contributed by atoms with Crippen LogP contribution in [0.25, 0.3) is 11.0 Å². The van der Waals surface area contributed by atoms with Crippen molar-refractivity contribution in [2.24, 2.45) is 0 Å². The summed E-state index contributed by atoms with van der Waals surface area (Å²) in [4.78, 5) is 36.3. The Labute approximate surface area is 168 Å². The molecule has 1 aliphatic rings. The summed E-state index contributed by atoms with van der Waals surface area (Å²) >= 11 is 5.85. The number of hydrogen-bond donors (Lipinski definition) is 1. The van der Waals surface area contributed by atoms with E-state index in [1.807, 2.05) is 53.4 Å². The first-order valence-corrected chi connectivity index (χ1v) is 9.87. The molecule has 3 heterocycles. The lowest BCUT2D eigenvalue weighted by molar-refractivity contribution is -0.116. The molecule has 6 nitrogen and oxygen atoms in total. The molecule has 28 heavy (non-hydrogen) atoms. The molecule has 2 amide bonds. The number of hydrogen-bond acceptors (Lipinski definition) is 3. The lowest BCUT2D eigenvalue weighted by atomic mass is 10.0. The molecule has 1 aliphatic heterocycles. The van der Waals surface area contributed by atoms with Crippen LogP contribution in [-0.2, 0) is 4.79 Å². The number of anilines is 1. The summed E-state index contributed by atoms with van der Waals surface area (Å²) in [6, 6.07) is 15.2. The van der Waals surface area contributed by atoms with Crippen LogP contribution in [-0.4, -0.2) is 51.7 Å². The molecule has 2 aromatic heterocycles. The second-order valence-electron chi connectivity index (χ2n) is 6.88. The highest BCUT2D eigenvalue weighted by molar-refractivity contribution is 6.29. The van der Waals surface area contributed by atoms with E-state index in [4.69, 9.17) is 11.6 Å². The van der Waals surface area contributed by atoms with Crippen LogP contribution >= 0.6 is 11.6 Å². The van der Waals surface area contributed by atoms with Gasteiger partial charge in [-0.2, -0.15) is 0 Å². The number of likely N-dealkylation sites (tertiary alicyclic amines) is 1. The highest BCUT2D eigenvalue weighted by Gasteiger charge is 2.31. The van der Waals surface area contributed by atoms with E-state index in [-0.39, 0.29) is 23.7 Å². The number of nitrogens with one attached hydrogen (secondary N) is 1. The van der Waals surface area contributed by atoms with Crippen molar-refractivity contribution in [3.63, 3.8) is 0 Å². The topological polar surface area (TPSA) is 69.3 Å². The Hall–Kier alpha value is -2.86. The Morgan fingerprint density at radius 1 is 1.14 bits per heavy atom. The summed E-state index contributed by atoms with van der Waals surface area (Å²) in [6.45, 7) is 1.18. The molecule has 7 heteroatoms. The van der Waals surface area contributed by atoms with Crippen LogP contribution in [0.4, 0.5) is 5.69 Å². The van der Waals surface area contributed by atoms with Crippen LogP contribution in [0.1, 0.15) is 23.3 Å². The fourth-order valence-electron chi connectivity index (χ4n) is 3.78. The fraction of sp³-hybridized carbons (Fsp3) is 0.286. The zero-order chi connectivity index (χ0) is 19.5. The molecule has 4 rings (SSSR count). The van der Waals surface area contributed by atoms with Crippen molar-refractivity contribution < 1.29 is 9.59 Å². The molecule has 0 unspecified atom stereocenters. The number of aromatic amines is 1. The summed E-state index contributed by atoms with van der Waals surface area (Å²) in [5, 5.41) is 0.920. The molecule has 144 valence electrons. The maximum atomic E-state index is 12.9. The monoisotopic (exact) mass is 396 g/mol. The van der Waals surface area contributed by atoms with Gasteiger partial charge in [-0.3, -0.25) is 9.59 Å². The number of para-hydroxylation sites is 1. The number of alkyl halides is 1. The maximum absolute atomic E-state index is 12.9. The molecule has 0 atom stereocenters. The van der Waals surface area contributed by atoms with Gasteiger partial charge in [-0.15, -0.1) is 11.6 Å². The number of H-pyrrole nitrogens is 1. The smallest absolute Gasteiger partial charge is 0.270 e. The molecular weight excluding hydrogens is 376 g/mol. The van der Waals surface area contributed by atoms with Crippen molar-refractivity contribution in [1.29, 1.82) is 0 Å². The Balaban J connectivity index is 1.47. The van der Waals surface area contributed by atoms with E-state index in [1.54, 1.807) is 11.1 Å². The molecule has 1 fully saturated rings. The Bertz CT molecular complexity index is 947. The minimum absolute atomic E-state index is 0.0297.